The Morgan fingerprint density at radius 1 is 1.35 bits per heavy atom. The summed E-state index contributed by atoms with van der Waals surface area (Å²) in [7, 11) is 0. The van der Waals surface area contributed by atoms with E-state index in [-0.39, 0.29) is 12.1 Å². The van der Waals surface area contributed by atoms with Crippen molar-refractivity contribution in [1.82, 2.24) is 10.3 Å². The summed E-state index contributed by atoms with van der Waals surface area (Å²) < 4.78 is 5.32. The normalized spacial score (nSPS) is 18.2. The molecule has 0 bridgehead atoms. The van der Waals surface area contributed by atoms with Crippen molar-refractivity contribution in [1.29, 1.82) is 0 Å². The van der Waals surface area contributed by atoms with Crippen LogP contribution in [0.1, 0.15) is 27.2 Å². The van der Waals surface area contributed by atoms with Gasteiger partial charge in [-0.15, -0.1) is 0 Å². The average Bonchev–Trinajstić information content (AvgIpc) is 2.93. The van der Waals surface area contributed by atoms with Crippen molar-refractivity contribution in [3.63, 3.8) is 0 Å². The summed E-state index contributed by atoms with van der Waals surface area (Å²) in [5, 5.41) is 4.08. The lowest BCUT2D eigenvalue weighted by Gasteiger charge is -2.22. The number of para-hydroxylation sites is 1. The molecule has 2 heterocycles. The quantitative estimate of drug-likeness (QED) is 0.924. The van der Waals surface area contributed by atoms with Gasteiger partial charge >= 0.3 is 6.09 Å². The Morgan fingerprint density at radius 3 is 2.91 bits per heavy atom. The molecule has 1 aliphatic heterocycles. The van der Waals surface area contributed by atoms with E-state index in [1.54, 1.807) is 0 Å². The van der Waals surface area contributed by atoms with Crippen LogP contribution >= 0.6 is 0 Å². The molecule has 1 saturated heterocycles. The number of hydrogen-bond donors (Lipinski definition) is 1. The number of ether oxygens (including phenoxy) is 1. The van der Waals surface area contributed by atoms with Crippen LogP contribution in [0.5, 0.6) is 0 Å². The molecule has 0 spiro atoms. The summed E-state index contributed by atoms with van der Waals surface area (Å²) in [6.45, 7) is 7.29. The molecule has 1 N–H and O–H groups in total. The standard InChI is InChI=1S/C18H23N3O2/c1-18(2,3)23-17(22)20-14-8-9-21(12-14)15-10-13-6-4-5-7-16(13)19-11-15/h4-7,10-11,14H,8-9,12H2,1-3H3,(H,20,22). The number of benzene rings is 1. The van der Waals surface area contributed by atoms with E-state index in [1.165, 1.54) is 0 Å². The predicted molar refractivity (Wildman–Crippen MR) is 91.7 cm³/mol. The molecule has 5 nitrogen and oxygen atoms in total. The van der Waals surface area contributed by atoms with Gasteiger partial charge in [0.25, 0.3) is 0 Å². The summed E-state index contributed by atoms with van der Waals surface area (Å²) in [6, 6.07) is 10.3. The van der Waals surface area contributed by atoms with E-state index < -0.39 is 5.60 Å². The van der Waals surface area contributed by atoms with Gasteiger partial charge in [0.05, 0.1) is 23.4 Å². The van der Waals surface area contributed by atoms with Crippen LogP contribution < -0.4 is 10.2 Å². The maximum atomic E-state index is 11.9. The Morgan fingerprint density at radius 2 is 2.13 bits per heavy atom. The first-order chi connectivity index (χ1) is 10.9. The van der Waals surface area contributed by atoms with Crippen LogP contribution in [0.2, 0.25) is 0 Å². The minimum atomic E-state index is -0.468. The van der Waals surface area contributed by atoms with Gasteiger partial charge in [-0.05, 0) is 39.3 Å². The molecule has 1 aliphatic rings. The topological polar surface area (TPSA) is 54.5 Å². The highest BCUT2D eigenvalue weighted by atomic mass is 16.6. The van der Waals surface area contributed by atoms with E-state index in [9.17, 15) is 4.79 Å². The largest absolute Gasteiger partial charge is 0.444 e. The number of hydrogen-bond acceptors (Lipinski definition) is 4. The van der Waals surface area contributed by atoms with Crippen LogP contribution in [0.25, 0.3) is 10.9 Å². The molecule has 1 aromatic carbocycles. The number of carbonyl (C=O) groups excluding carboxylic acids is 1. The zero-order valence-corrected chi connectivity index (χ0v) is 13.9. The third-order valence-electron chi connectivity index (χ3n) is 3.85. The Kier molecular flexibility index (Phi) is 4.11. The highest BCUT2D eigenvalue weighted by molar-refractivity contribution is 5.81. The average molecular weight is 313 g/mol. The Balaban J connectivity index is 1.63. The molecule has 1 atom stereocenters. The molecular formula is C18H23N3O2. The van der Waals surface area contributed by atoms with Gasteiger partial charge < -0.3 is 15.0 Å². The molecule has 0 saturated carbocycles. The SMILES string of the molecule is CC(C)(C)OC(=O)NC1CCN(c2cnc3ccccc3c2)C1. The van der Waals surface area contributed by atoms with Crippen LogP contribution in [-0.2, 0) is 4.74 Å². The number of pyridine rings is 1. The first kappa shape index (κ1) is 15.6. The third kappa shape index (κ3) is 3.92. The fourth-order valence-corrected chi connectivity index (χ4v) is 2.82. The van der Waals surface area contributed by atoms with Crippen LogP contribution in [0, 0.1) is 0 Å². The number of amides is 1. The lowest BCUT2D eigenvalue weighted by atomic mass is 10.2. The predicted octanol–water partition coefficient (Wildman–Crippen LogP) is 3.34. The zero-order valence-electron chi connectivity index (χ0n) is 13.9. The van der Waals surface area contributed by atoms with Crippen molar-refractivity contribution in [2.45, 2.75) is 38.8 Å². The molecule has 3 rings (SSSR count). The molecule has 23 heavy (non-hydrogen) atoms. The first-order valence-corrected chi connectivity index (χ1v) is 8.00. The van der Waals surface area contributed by atoms with E-state index in [4.69, 9.17) is 4.74 Å². The Bertz CT molecular complexity index is 709. The molecule has 0 radical (unpaired) electrons. The van der Waals surface area contributed by atoms with Gasteiger partial charge in [0.1, 0.15) is 5.60 Å². The third-order valence-corrected chi connectivity index (χ3v) is 3.85. The smallest absolute Gasteiger partial charge is 0.407 e. The Hall–Kier alpha value is -2.30. The second kappa shape index (κ2) is 6.07. The molecule has 1 amide bonds. The van der Waals surface area contributed by atoms with E-state index in [2.05, 4.69) is 27.3 Å². The van der Waals surface area contributed by atoms with E-state index in [0.717, 1.165) is 36.1 Å². The maximum Gasteiger partial charge on any atom is 0.407 e. The number of anilines is 1. The highest BCUT2D eigenvalue weighted by Gasteiger charge is 2.26. The first-order valence-electron chi connectivity index (χ1n) is 8.00. The summed E-state index contributed by atoms with van der Waals surface area (Å²) in [5.41, 5.74) is 1.63. The number of rotatable bonds is 2. The number of carbonyl (C=O) groups is 1. The number of alkyl carbamates (subject to hydrolysis) is 1. The molecular weight excluding hydrogens is 290 g/mol. The van der Waals surface area contributed by atoms with Gasteiger partial charge in [-0.3, -0.25) is 4.98 Å². The Labute approximate surface area is 136 Å². The summed E-state index contributed by atoms with van der Waals surface area (Å²) >= 11 is 0. The second-order valence-corrected chi connectivity index (χ2v) is 6.96. The van der Waals surface area contributed by atoms with Gasteiger partial charge in [-0.2, -0.15) is 0 Å². The fourth-order valence-electron chi connectivity index (χ4n) is 2.82. The minimum Gasteiger partial charge on any atom is -0.444 e. The van der Waals surface area contributed by atoms with Gasteiger partial charge in [0.2, 0.25) is 0 Å². The molecule has 0 aliphatic carbocycles. The van der Waals surface area contributed by atoms with Crippen molar-refractivity contribution in [2.75, 3.05) is 18.0 Å². The van der Waals surface area contributed by atoms with Crippen molar-refractivity contribution in [3.05, 3.63) is 36.5 Å². The van der Waals surface area contributed by atoms with Crippen LogP contribution in [0.3, 0.4) is 0 Å². The van der Waals surface area contributed by atoms with E-state index in [1.807, 2.05) is 45.2 Å². The maximum absolute atomic E-state index is 11.9. The van der Waals surface area contributed by atoms with Crippen molar-refractivity contribution < 1.29 is 9.53 Å². The molecule has 1 fully saturated rings. The molecule has 2 aromatic rings. The molecule has 1 aromatic heterocycles. The molecule has 1 unspecified atom stereocenters. The monoisotopic (exact) mass is 313 g/mol. The van der Waals surface area contributed by atoms with Crippen molar-refractivity contribution in [3.8, 4) is 0 Å². The van der Waals surface area contributed by atoms with Gasteiger partial charge in [-0.25, -0.2) is 4.79 Å². The summed E-state index contributed by atoms with van der Waals surface area (Å²) in [6.07, 6.45) is 2.46. The number of aromatic nitrogens is 1. The number of nitrogens with one attached hydrogen (secondary N) is 1. The highest BCUT2D eigenvalue weighted by Crippen LogP contribution is 2.23. The van der Waals surface area contributed by atoms with E-state index >= 15 is 0 Å². The number of nitrogens with zero attached hydrogens (tertiary/aromatic N) is 2. The molecule has 122 valence electrons. The molecule has 5 heteroatoms. The van der Waals surface area contributed by atoms with Crippen LogP contribution in [0.15, 0.2) is 36.5 Å². The fraction of sp³-hybridized carbons (Fsp3) is 0.444. The second-order valence-electron chi connectivity index (χ2n) is 6.96. The van der Waals surface area contributed by atoms with Crippen LogP contribution in [-0.4, -0.2) is 35.8 Å². The summed E-state index contributed by atoms with van der Waals surface area (Å²) in [5.74, 6) is 0. The van der Waals surface area contributed by atoms with Gasteiger partial charge in [0, 0.05) is 18.5 Å². The van der Waals surface area contributed by atoms with Gasteiger partial charge in [0.15, 0.2) is 0 Å². The van der Waals surface area contributed by atoms with Crippen molar-refractivity contribution >= 4 is 22.7 Å². The van der Waals surface area contributed by atoms with E-state index in [0.29, 0.717) is 0 Å². The summed E-state index contributed by atoms with van der Waals surface area (Å²) in [4.78, 5) is 18.6. The zero-order chi connectivity index (χ0) is 16.4. The van der Waals surface area contributed by atoms with Gasteiger partial charge in [-0.1, -0.05) is 18.2 Å². The lowest BCUT2D eigenvalue weighted by molar-refractivity contribution is 0.0509. The van der Waals surface area contributed by atoms with Crippen LogP contribution in [0.4, 0.5) is 10.5 Å². The number of fused-ring (bicyclic) bond motifs is 1. The minimum absolute atomic E-state index is 0.108. The van der Waals surface area contributed by atoms with Crippen molar-refractivity contribution in [2.24, 2.45) is 0 Å². The lowest BCUT2D eigenvalue weighted by Crippen LogP contribution is -2.40.